The summed E-state index contributed by atoms with van der Waals surface area (Å²) in [6.07, 6.45) is 0. The molecular weight excluding hydrogens is 224 g/mol. The number of nitrogens with zero attached hydrogens (tertiary/aromatic N) is 2. The molecule has 1 aromatic carbocycles. The van der Waals surface area contributed by atoms with E-state index in [1.165, 1.54) is 0 Å². The Morgan fingerprint density at radius 2 is 1.94 bits per heavy atom. The number of piperazine rings is 1. The van der Waals surface area contributed by atoms with Crippen LogP contribution in [0.1, 0.15) is 15.9 Å². The highest BCUT2D eigenvalue weighted by Crippen LogP contribution is 2.04. The van der Waals surface area contributed by atoms with E-state index in [4.69, 9.17) is 0 Å². The van der Waals surface area contributed by atoms with Gasteiger partial charge in [-0.3, -0.25) is 4.79 Å². The normalized spacial score (nSPS) is 16.0. The summed E-state index contributed by atoms with van der Waals surface area (Å²) in [4.78, 5) is 16.2. The molecule has 1 fully saturated rings. The molecule has 0 amide bonds. The minimum atomic E-state index is -0.0994. The van der Waals surface area contributed by atoms with Crippen molar-refractivity contribution in [1.82, 2.24) is 9.80 Å². The number of ketones is 1. The van der Waals surface area contributed by atoms with E-state index in [-0.39, 0.29) is 5.78 Å². The summed E-state index contributed by atoms with van der Waals surface area (Å²) in [7, 11) is 2.10. The Kier molecular flexibility index (Phi) is 4.01. The van der Waals surface area contributed by atoms with Crippen LogP contribution < -0.4 is 0 Å². The number of carbonyl (C=O) groups excluding carboxylic acids is 1. The van der Waals surface area contributed by atoms with Gasteiger partial charge in [0, 0.05) is 37.8 Å². The molecule has 0 N–H and O–H groups in total. The van der Waals surface area contributed by atoms with Crippen molar-refractivity contribution in [2.75, 3.05) is 33.2 Å². The van der Waals surface area contributed by atoms with Crippen LogP contribution in [-0.4, -0.2) is 48.8 Å². The molecule has 94 valence electrons. The molecule has 3 heteroatoms. The minimum absolute atomic E-state index is 0.0994. The van der Waals surface area contributed by atoms with Gasteiger partial charge < -0.3 is 9.80 Å². The molecule has 1 saturated heterocycles. The van der Waals surface area contributed by atoms with Crippen LogP contribution in [0.3, 0.4) is 0 Å². The van der Waals surface area contributed by atoms with E-state index in [1.54, 1.807) is 0 Å². The molecule has 18 heavy (non-hydrogen) atoms. The third-order valence-corrected chi connectivity index (χ3v) is 3.11. The average molecular weight is 242 g/mol. The van der Waals surface area contributed by atoms with Crippen molar-refractivity contribution in [2.24, 2.45) is 0 Å². The van der Waals surface area contributed by atoms with Gasteiger partial charge in [-0.25, -0.2) is 0 Å². The van der Waals surface area contributed by atoms with Crippen molar-refractivity contribution in [3.05, 3.63) is 35.4 Å². The molecular formula is C15H18N2O. The lowest BCUT2D eigenvalue weighted by Crippen LogP contribution is -2.42. The zero-order valence-corrected chi connectivity index (χ0v) is 10.9. The fourth-order valence-electron chi connectivity index (χ4n) is 1.91. The molecule has 0 radical (unpaired) electrons. The molecule has 0 atom stereocenters. The third-order valence-electron chi connectivity index (χ3n) is 3.11. The van der Waals surface area contributed by atoms with Gasteiger partial charge in [0.25, 0.3) is 0 Å². The van der Waals surface area contributed by atoms with Crippen LogP contribution in [0.5, 0.6) is 0 Å². The lowest BCUT2D eigenvalue weighted by Gasteiger charge is -2.29. The first-order valence-electron chi connectivity index (χ1n) is 6.21. The summed E-state index contributed by atoms with van der Waals surface area (Å²) in [6, 6.07) is 10.5. The zero-order valence-electron chi connectivity index (χ0n) is 10.9. The largest absolute Gasteiger partial charge is 0.330 e. The van der Waals surface area contributed by atoms with Gasteiger partial charge in [-0.05, 0) is 26.0 Å². The molecule has 2 rings (SSSR count). The second-order valence-corrected chi connectivity index (χ2v) is 4.73. The maximum absolute atomic E-state index is 11.9. The maximum atomic E-state index is 11.9. The van der Waals surface area contributed by atoms with E-state index in [9.17, 15) is 4.79 Å². The molecule has 3 nitrogen and oxygen atoms in total. The van der Waals surface area contributed by atoms with Crippen molar-refractivity contribution in [3.8, 4) is 12.0 Å². The van der Waals surface area contributed by atoms with Gasteiger partial charge in [0.05, 0.1) is 0 Å². The Bertz CT molecular complexity index is 491. The van der Waals surface area contributed by atoms with Gasteiger partial charge in [-0.1, -0.05) is 23.8 Å². The highest BCUT2D eigenvalue weighted by atomic mass is 16.1. The summed E-state index contributed by atoms with van der Waals surface area (Å²) in [5, 5.41) is 0. The van der Waals surface area contributed by atoms with Gasteiger partial charge in [-0.15, -0.1) is 0 Å². The van der Waals surface area contributed by atoms with E-state index in [0.717, 1.165) is 31.7 Å². The van der Waals surface area contributed by atoms with Gasteiger partial charge >= 0.3 is 0 Å². The van der Waals surface area contributed by atoms with E-state index < -0.39 is 0 Å². The first-order chi connectivity index (χ1) is 8.65. The van der Waals surface area contributed by atoms with Crippen LogP contribution in [-0.2, 0) is 0 Å². The molecule has 0 unspecified atom stereocenters. The van der Waals surface area contributed by atoms with Crippen molar-refractivity contribution in [2.45, 2.75) is 6.92 Å². The van der Waals surface area contributed by atoms with Crippen LogP contribution in [0.25, 0.3) is 0 Å². The van der Waals surface area contributed by atoms with Crippen LogP contribution in [0, 0.1) is 18.9 Å². The zero-order chi connectivity index (χ0) is 13.0. The van der Waals surface area contributed by atoms with E-state index in [0.29, 0.717) is 5.56 Å². The molecule has 1 aromatic rings. The van der Waals surface area contributed by atoms with Crippen molar-refractivity contribution >= 4 is 5.78 Å². The number of Topliss-reactive ketones (excluding diaryl/α,β-unsaturated/α-hetero) is 1. The molecule has 0 aliphatic carbocycles. The third kappa shape index (κ3) is 3.35. The van der Waals surface area contributed by atoms with Crippen molar-refractivity contribution in [1.29, 1.82) is 0 Å². The fraction of sp³-hybridized carbons (Fsp3) is 0.400. The standard InChI is InChI=1S/C15H18N2O/c1-13-4-3-5-14(12-13)15(18)6-7-17-10-8-16(2)9-11-17/h3-5,12H,8-11H2,1-2H3. The fourth-order valence-corrected chi connectivity index (χ4v) is 1.91. The Balaban J connectivity index is 2.00. The van der Waals surface area contributed by atoms with Crippen LogP contribution >= 0.6 is 0 Å². The average Bonchev–Trinajstić information content (AvgIpc) is 2.38. The number of hydrogen-bond donors (Lipinski definition) is 0. The molecule has 1 aliphatic rings. The number of carbonyl (C=O) groups is 1. The predicted molar refractivity (Wildman–Crippen MR) is 72.4 cm³/mol. The Morgan fingerprint density at radius 3 is 2.61 bits per heavy atom. The Labute approximate surface area is 108 Å². The number of aryl methyl sites for hydroxylation is 1. The molecule has 0 bridgehead atoms. The number of hydrogen-bond acceptors (Lipinski definition) is 3. The summed E-state index contributed by atoms with van der Waals surface area (Å²) in [5.41, 5.74) is 1.76. The van der Waals surface area contributed by atoms with Gasteiger partial charge in [-0.2, -0.15) is 0 Å². The molecule has 0 aromatic heterocycles. The van der Waals surface area contributed by atoms with Gasteiger partial charge in [0.15, 0.2) is 0 Å². The summed E-state index contributed by atoms with van der Waals surface area (Å²) < 4.78 is 0. The van der Waals surface area contributed by atoms with E-state index in [1.807, 2.05) is 36.1 Å². The lowest BCUT2D eigenvalue weighted by atomic mass is 10.1. The Morgan fingerprint density at radius 1 is 1.22 bits per heavy atom. The minimum Gasteiger partial charge on any atom is -0.330 e. The summed E-state index contributed by atoms with van der Waals surface area (Å²) >= 11 is 0. The predicted octanol–water partition coefficient (Wildman–Crippen LogP) is 1.39. The number of benzene rings is 1. The second kappa shape index (κ2) is 5.70. The first-order valence-corrected chi connectivity index (χ1v) is 6.21. The molecule has 0 saturated carbocycles. The second-order valence-electron chi connectivity index (χ2n) is 4.73. The van der Waals surface area contributed by atoms with Crippen molar-refractivity contribution in [3.63, 3.8) is 0 Å². The van der Waals surface area contributed by atoms with Gasteiger partial charge in [0.2, 0.25) is 5.78 Å². The lowest BCUT2D eigenvalue weighted by molar-refractivity contribution is 0.105. The number of likely N-dealkylation sites (N-methyl/N-ethyl adjacent to an activating group) is 1. The number of rotatable bonds is 1. The maximum Gasteiger partial charge on any atom is 0.237 e. The highest BCUT2D eigenvalue weighted by Gasteiger charge is 2.10. The van der Waals surface area contributed by atoms with E-state index in [2.05, 4.69) is 23.9 Å². The Hall–Kier alpha value is -1.79. The summed E-state index contributed by atoms with van der Waals surface area (Å²) in [5.74, 6) is 2.63. The quantitative estimate of drug-likeness (QED) is 0.549. The van der Waals surface area contributed by atoms with Crippen LogP contribution in [0.2, 0.25) is 0 Å². The smallest absolute Gasteiger partial charge is 0.237 e. The first kappa shape index (κ1) is 12.7. The molecule has 1 heterocycles. The summed E-state index contributed by atoms with van der Waals surface area (Å²) in [6.45, 7) is 5.81. The monoisotopic (exact) mass is 242 g/mol. The molecule has 1 aliphatic heterocycles. The SMILES string of the molecule is Cc1cccc(C(=O)C#CN2CCN(C)CC2)c1. The van der Waals surface area contributed by atoms with Gasteiger partial charge in [0.1, 0.15) is 0 Å². The highest BCUT2D eigenvalue weighted by molar-refractivity contribution is 6.09. The molecule has 0 spiro atoms. The van der Waals surface area contributed by atoms with Crippen LogP contribution in [0.4, 0.5) is 0 Å². The van der Waals surface area contributed by atoms with Crippen molar-refractivity contribution < 1.29 is 4.79 Å². The van der Waals surface area contributed by atoms with Crippen LogP contribution in [0.15, 0.2) is 24.3 Å². The topological polar surface area (TPSA) is 23.6 Å². The van der Waals surface area contributed by atoms with E-state index >= 15 is 0 Å².